The Hall–Kier alpha value is -0.590. The smallest absolute Gasteiger partial charge is 0.221 e. The number of carbonyl (C=O) groups is 1. The fraction of sp³-hybridized carbons (Fsp3) is 0.333. The lowest BCUT2D eigenvalue weighted by Crippen LogP contribution is -2.04. The lowest BCUT2D eigenvalue weighted by atomic mass is 10.5. The highest BCUT2D eigenvalue weighted by Crippen LogP contribution is 2.29. The van der Waals surface area contributed by atoms with Crippen LogP contribution in [-0.4, -0.2) is 15.4 Å². The van der Waals surface area contributed by atoms with Gasteiger partial charge in [-0.15, -0.1) is 0 Å². The van der Waals surface area contributed by atoms with Crippen LogP contribution in [-0.2, 0) is 4.79 Å². The van der Waals surface area contributed by atoms with Gasteiger partial charge in [0.25, 0.3) is 0 Å². The molecule has 0 spiro atoms. The first-order chi connectivity index (χ1) is 5.63. The van der Waals surface area contributed by atoms with Crippen molar-refractivity contribution in [1.29, 1.82) is 0 Å². The van der Waals surface area contributed by atoms with E-state index in [1.54, 1.807) is 6.92 Å². The zero-order chi connectivity index (χ0) is 9.14. The van der Waals surface area contributed by atoms with Crippen LogP contribution in [0.2, 0.25) is 0 Å². The van der Waals surface area contributed by atoms with Crippen LogP contribution in [0.1, 0.15) is 12.6 Å². The second-order valence-electron chi connectivity index (χ2n) is 2.17. The molecule has 1 rings (SSSR count). The highest BCUT2D eigenvalue weighted by atomic mass is 32.2. The Morgan fingerprint density at radius 2 is 2.42 bits per heavy atom. The maximum Gasteiger partial charge on any atom is 0.221 e. The van der Waals surface area contributed by atoms with Gasteiger partial charge in [0.15, 0.2) is 4.34 Å². The van der Waals surface area contributed by atoms with Gasteiger partial charge in [-0.3, -0.25) is 4.79 Å². The van der Waals surface area contributed by atoms with Crippen molar-refractivity contribution >= 4 is 34.3 Å². The molecule has 0 bridgehead atoms. The summed E-state index contributed by atoms with van der Waals surface area (Å²) in [4.78, 5) is 14.7. The molecule has 2 N–H and O–H groups in total. The normalized spacial score (nSPS) is 9.92. The molecule has 6 heteroatoms. The molecule has 4 nitrogen and oxygen atoms in total. The first-order valence-corrected chi connectivity index (χ1v) is 4.79. The second-order valence-corrected chi connectivity index (χ2v) is 3.99. The molecule has 1 aromatic rings. The molecule has 0 radical (unpaired) electrons. The van der Waals surface area contributed by atoms with E-state index in [2.05, 4.69) is 10.3 Å². The number of nitrogens with one attached hydrogen (secondary N) is 1. The van der Waals surface area contributed by atoms with Crippen LogP contribution in [0.4, 0.5) is 5.00 Å². The van der Waals surface area contributed by atoms with E-state index in [1.165, 1.54) is 18.3 Å². The first kappa shape index (κ1) is 9.50. The third-order valence-electron chi connectivity index (χ3n) is 1.14. The van der Waals surface area contributed by atoms with E-state index >= 15 is 0 Å². The molecular formula is C6H8N2O2S2. The van der Waals surface area contributed by atoms with Gasteiger partial charge in [0.05, 0.1) is 17.7 Å². The number of hydrogen-bond acceptors (Lipinski definition) is 5. The summed E-state index contributed by atoms with van der Waals surface area (Å²) in [5.41, 5.74) is 0.728. The van der Waals surface area contributed by atoms with E-state index in [0.29, 0.717) is 21.4 Å². The number of aryl methyl sites for hydroxylation is 1. The van der Waals surface area contributed by atoms with Crippen molar-refractivity contribution in [2.24, 2.45) is 0 Å². The molecule has 0 atom stereocenters. The summed E-state index contributed by atoms with van der Waals surface area (Å²) in [7, 11) is 0. The van der Waals surface area contributed by atoms with Gasteiger partial charge in [0.2, 0.25) is 5.91 Å². The summed E-state index contributed by atoms with van der Waals surface area (Å²) in [5, 5.41) is 3.31. The van der Waals surface area contributed by atoms with Crippen molar-refractivity contribution in [3.8, 4) is 0 Å². The van der Waals surface area contributed by atoms with Gasteiger partial charge < -0.3 is 9.87 Å². The van der Waals surface area contributed by atoms with Crippen molar-refractivity contribution in [2.75, 3.05) is 5.32 Å². The fourth-order valence-corrected chi connectivity index (χ4v) is 2.01. The Balaban J connectivity index is 2.84. The maximum atomic E-state index is 10.7. The minimum atomic E-state index is -0.128. The molecule has 1 heterocycles. The van der Waals surface area contributed by atoms with E-state index in [0.717, 1.165) is 5.69 Å². The van der Waals surface area contributed by atoms with Gasteiger partial charge in [-0.1, -0.05) is 11.3 Å². The van der Waals surface area contributed by atoms with Gasteiger partial charge in [-0.2, -0.15) is 0 Å². The van der Waals surface area contributed by atoms with Gasteiger partial charge in [0, 0.05) is 6.92 Å². The molecule has 12 heavy (non-hydrogen) atoms. The lowest BCUT2D eigenvalue weighted by Gasteiger charge is -1.95. The number of anilines is 1. The van der Waals surface area contributed by atoms with Crippen LogP contribution < -0.4 is 5.32 Å². The summed E-state index contributed by atoms with van der Waals surface area (Å²) in [5.74, 6) is -0.128. The van der Waals surface area contributed by atoms with Crippen LogP contribution in [0.15, 0.2) is 4.34 Å². The van der Waals surface area contributed by atoms with Crippen LogP contribution >= 0.6 is 23.4 Å². The van der Waals surface area contributed by atoms with Crippen LogP contribution in [0.25, 0.3) is 0 Å². The average molecular weight is 204 g/mol. The largest absolute Gasteiger partial charge is 0.324 e. The van der Waals surface area contributed by atoms with Gasteiger partial charge in [-0.25, -0.2) is 4.98 Å². The first-order valence-electron chi connectivity index (χ1n) is 3.20. The van der Waals surface area contributed by atoms with E-state index < -0.39 is 0 Å². The predicted octanol–water partition coefficient (Wildman–Crippen LogP) is 1.98. The number of nitrogens with zero attached hydrogens (tertiary/aromatic N) is 1. The fourth-order valence-electron chi connectivity index (χ4n) is 0.687. The Bertz CT molecular complexity index is 298. The number of amides is 1. The maximum absolute atomic E-state index is 10.7. The third-order valence-corrected chi connectivity index (χ3v) is 2.73. The molecule has 0 fully saturated rings. The molecule has 0 aliphatic rings. The molecule has 66 valence electrons. The molecule has 0 saturated heterocycles. The minimum Gasteiger partial charge on any atom is -0.324 e. The van der Waals surface area contributed by atoms with E-state index in [-0.39, 0.29) is 5.91 Å². The molecule has 1 aromatic heterocycles. The van der Waals surface area contributed by atoms with E-state index in [4.69, 9.17) is 4.55 Å². The van der Waals surface area contributed by atoms with Gasteiger partial charge in [-0.05, 0) is 6.92 Å². The SMILES string of the molecule is CC(=O)Nc1sc(SO)nc1C. The summed E-state index contributed by atoms with van der Waals surface area (Å²) in [6.07, 6.45) is 0. The molecule has 0 saturated carbocycles. The Labute approximate surface area is 78.2 Å². The zero-order valence-electron chi connectivity index (χ0n) is 6.62. The van der Waals surface area contributed by atoms with Crippen molar-refractivity contribution in [2.45, 2.75) is 18.2 Å². The molecule has 0 unspecified atom stereocenters. The number of carbonyl (C=O) groups excluding carboxylic acids is 1. The summed E-state index contributed by atoms with van der Waals surface area (Å²) >= 11 is 1.84. The highest BCUT2D eigenvalue weighted by molar-refractivity contribution is 7.95. The van der Waals surface area contributed by atoms with E-state index in [9.17, 15) is 4.79 Å². The summed E-state index contributed by atoms with van der Waals surface area (Å²) < 4.78 is 9.20. The standard InChI is InChI=1S/C6H8N2O2S2/c1-3-5(8-4(2)9)11-6(7-3)12-10/h10H,1-2H3,(H,8,9). The molecule has 0 aliphatic carbocycles. The number of thiazole rings is 1. The number of hydrogen-bond donors (Lipinski definition) is 2. The zero-order valence-corrected chi connectivity index (χ0v) is 8.25. The van der Waals surface area contributed by atoms with Crippen molar-refractivity contribution < 1.29 is 9.35 Å². The van der Waals surface area contributed by atoms with Crippen LogP contribution in [0.5, 0.6) is 0 Å². The number of aromatic nitrogens is 1. The monoisotopic (exact) mass is 204 g/mol. The Morgan fingerprint density at radius 1 is 1.75 bits per heavy atom. The highest BCUT2D eigenvalue weighted by Gasteiger charge is 2.07. The minimum absolute atomic E-state index is 0.128. The van der Waals surface area contributed by atoms with Crippen LogP contribution in [0.3, 0.4) is 0 Å². The van der Waals surface area contributed by atoms with Crippen molar-refractivity contribution in [3.05, 3.63) is 5.69 Å². The molecule has 0 aliphatic heterocycles. The Kier molecular flexibility index (Phi) is 3.07. The van der Waals surface area contributed by atoms with E-state index in [1.807, 2.05) is 0 Å². The summed E-state index contributed by atoms with van der Waals surface area (Å²) in [6.45, 7) is 3.21. The number of rotatable bonds is 2. The van der Waals surface area contributed by atoms with Gasteiger partial charge >= 0.3 is 0 Å². The second kappa shape index (κ2) is 3.88. The quantitative estimate of drug-likeness (QED) is 0.723. The molecular weight excluding hydrogens is 196 g/mol. The summed E-state index contributed by atoms with van der Waals surface area (Å²) in [6, 6.07) is 0. The van der Waals surface area contributed by atoms with Crippen molar-refractivity contribution in [3.63, 3.8) is 0 Å². The topological polar surface area (TPSA) is 62.2 Å². The lowest BCUT2D eigenvalue weighted by molar-refractivity contribution is -0.114. The van der Waals surface area contributed by atoms with Gasteiger partial charge in [0.1, 0.15) is 5.00 Å². The Morgan fingerprint density at radius 3 is 2.83 bits per heavy atom. The van der Waals surface area contributed by atoms with Crippen molar-refractivity contribution in [1.82, 2.24) is 4.98 Å². The predicted molar refractivity (Wildman–Crippen MR) is 49.6 cm³/mol. The third kappa shape index (κ3) is 2.20. The average Bonchev–Trinajstić information content (AvgIpc) is 2.31. The van der Waals surface area contributed by atoms with Crippen LogP contribution in [0, 0.1) is 6.92 Å². The molecule has 1 amide bonds. The molecule has 0 aromatic carbocycles.